The molecule has 2 nitrogen and oxygen atoms in total. The molecule has 0 saturated carbocycles. The van der Waals surface area contributed by atoms with E-state index < -0.39 is 0 Å². The normalized spacial score (nSPS) is 19.8. The third-order valence-corrected chi connectivity index (χ3v) is 3.84. The molecule has 2 aromatic rings. The smallest absolute Gasteiger partial charge is 0.120 e. The predicted octanol–water partition coefficient (Wildman–Crippen LogP) is 4.27. The first-order valence-corrected chi connectivity index (χ1v) is 6.69. The van der Waals surface area contributed by atoms with Crippen LogP contribution in [0.4, 0.5) is 0 Å². The van der Waals surface area contributed by atoms with Gasteiger partial charge in [-0.15, -0.1) is 0 Å². The zero-order chi connectivity index (χ0) is 12.5. The molecule has 0 saturated heterocycles. The first-order chi connectivity index (χ1) is 8.74. The van der Waals surface area contributed by atoms with E-state index in [1.54, 1.807) is 6.26 Å². The summed E-state index contributed by atoms with van der Waals surface area (Å²) in [5.74, 6) is 0.984. The fraction of sp³-hybridized carbons (Fsp3) is 0.333. The fourth-order valence-corrected chi connectivity index (χ4v) is 2.88. The summed E-state index contributed by atoms with van der Waals surface area (Å²) in [5.41, 5.74) is 2.74. The van der Waals surface area contributed by atoms with Gasteiger partial charge in [0.15, 0.2) is 0 Å². The van der Waals surface area contributed by atoms with Gasteiger partial charge >= 0.3 is 0 Å². The third-order valence-electron chi connectivity index (χ3n) is 3.60. The number of hydrogen-bond acceptors (Lipinski definition) is 2. The third kappa shape index (κ3) is 2.18. The summed E-state index contributed by atoms with van der Waals surface area (Å²) in [5, 5.41) is 4.45. The highest BCUT2D eigenvalue weighted by Crippen LogP contribution is 2.34. The van der Waals surface area contributed by atoms with Crippen molar-refractivity contribution in [1.82, 2.24) is 5.32 Å². The highest BCUT2D eigenvalue weighted by Gasteiger charge is 2.24. The Morgan fingerprint density at radius 2 is 2.28 bits per heavy atom. The number of rotatable bonds is 3. The van der Waals surface area contributed by atoms with E-state index in [4.69, 9.17) is 16.0 Å². The average Bonchev–Trinajstić information content (AvgIpc) is 2.98. The Kier molecular flexibility index (Phi) is 3.14. The van der Waals surface area contributed by atoms with Crippen LogP contribution in [-0.4, -0.2) is 0 Å². The monoisotopic (exact) mass is 261 g/mol. The lowest BCUT2D eigenvalue weighted by molar-refractivity contribution is 0.391. The van der Waals surface area contributed by atoms with Gasteiger partial charge in [0, 0.05) is 11.1 Å². The summed E-state index contributed by atoms with van der Waals surface area (Å²) >= 11 is 6.02. The van der Waals surface area contributed by atoms with E-state index in [0.29, 0.717) is 6.04 Å². The van der Waals surface area contributed by atoms with E-state index in [-0.39, 0.29) is 6.04 Å². The van der Waals surface area contributed by atoms with Crippen molar-refractivity contribution in [3.05, 3.63) is 58.5 Å². The maximum atomic E-state index is 6.02. The SMILES string of the molecule is C[C@H](NC1CCc2cc(Cl)ccc21)c1ccco1. The summed E-state index contributed by atoms with van der Waals surface area (Å²) in [6.07, 6.45) is 3.94. The van der Waals surface area contributed by atoms with Gasteiger partial charge in [-0.25, -0.2) is 0 Å². The summed E-state index contributed by atoms with van der Waals surface area (Å²) < 4.78 is 5.43. The molecule has 0 fully saturated rings. The van der Waals surface area contributed by atoms with Crippen LogP contribution in [0.5, 0.6) is 0 Å². The van der Waals surface area contributed by atoms with Crippen molar-refractivity contribution in [3.63, 3.8) is 0 Å². The molecule has 1 aromatic heterocycles. The van der Waals surface area contributed by atoms with Crippen LogP contribution in [0.2, 0.25) is 5.02 Å². The molecular weight excluding hydrogens is 246 g/mol. The van der Waals surface area contributed by atoms with E-state index in [1.165, 1.54) is 11.1 Å². The van der Waals surface area contributed by atoms with E-state index in [0.717, 1.165) is 23.6 Å². The van der Waals surface area contributed by atoms with Crippen LogP contribution in [0.1, 0.15) is 42.3 Å². The van der Waals surface area contributed by atoms with E-state index >= 15 is 0 Å². The maximum Gasteiger partial charge on any atom is 0.120 e. The van der Waals surface area contributed by atoms with Crippen molar-refractivity contribution < 1.29 is 4.42 Å². The number of benzene rings is 1. The lowest BCUT2D eigenvalue weighted by atomic mass is 10.1. The second-order valence-electron chi connectivity index (χ2n) is 4.84. The molecule has 0 bridgehead atoms. The molecule has 1 aromatic carbocycles. The van der Waals surface area contributed by atoms with Crippen LogP contribution < -0.4 is 5.32 Å². The molecule has 1 unspecified atom stereocenters. The van der Waals surface area contributed by atoms with Gasteiger partial charge in [-0.1, -0.05) is 17.7 Å². The van der Waals surface area contributed by atoms with Gasteiger partial charge in [0.1, 0.15) is 5.76 Å². The number of nitrogens with one attached hydrogen (secondary N) is 1. The molecule has 0 radical (unpaired) electrons. The van der Waals surface area contributed by atoms with Gasteiger partial charge < -0.3 is 9.73 Å². The Bertz CT molecular complexity index is 535. The topological polar surface area (TPSA) is 25.2 Å². The maximum absolute atomic E-state index is 6.02. The number of halogens is 1. The van der Waals surface area contributed by atoms with Gasteiger partial charge in [0.2, 0.25) is 0 Å². The van der Waals surface area contributed by atoms with Crippen LogP contribution in [0.3, 0.4) is 0 Å². The molecule has 3 heteroatoms. The molecule has 1 N–H and O–H groups in total. The molecule has 0 spiro atoms. The van der Waals surface area contributed by atoms with Crippen molar-refractivity contribution in [2.45, 2.75) is 31.8 Å². The van der Waals surface area contributed by atoms with Crippen LogP contribution in [0.15, 0.2) is 41.0 Å². The lowest BCUT2D eigenvalue weighted by Gasteiger charge is -2.18. The number of furan rings is 1. The Morgan fingerprint density at radius 1 is 1.39 bits per heavy atom. The summed E-state index contributed by atoms with van der Waals surface area (Å²) in [6.45, 7) is 2.13. The Morgan fingerprint density at radius 3 is 3.06 bits per heavy atom. The van der Waals surface area contributed by atoms with Crippen molar-refractivity contribution in [2.75, 3.05) is 0 Å². The molecule has 94 valence electrons. The van der Waals surface area contributed by atoms with E-state index in [1.807, 2.05) is 18.2 Å². The summed E-state index contributed by atoms with van der Waals surface area (Å²) in [7, 11) is 0. The van der Waals surface area contributed by atoms with Crippen molar-refractivity contribution in [1.29, 1.82) is 0 Å². The molecule has 1 aliphatic rings. The van der Waals surface area contributed by atoms with Crippen LogP contribution in [0, 0.1) is 0 Å². The molecular formula is C15H16ClNO. The second kappa shape index (κ2) is 4.79. The minimum absolute atomic E-state index is 0.228. The molecule has 0 aliphatic heterocycles. The van der Waals surface area contributed by atoms with Gasteiger partial charge in [-0.3, -0.25) is 0 Å². The molecule has 3 rings (SSSR count). The number of fused-ring (bicyclic) bond motifs is 1. The van der Waals surface area contributed by atoms with E-state index in [9.17, 15) is 0 Å². The van der Waals surface area contributed by atoms with Crippen LogP contribution >= 0.6 is 11.6 Å². The van der Waals surface area contributed by atoms with Gasteiger partial charge in [0.05, 0.1) is 12.3 Å². The summed E-state index contributed by atoms with van der Waals surface area (Å²) in [6, 6.07) is 10.8. The first kappa shape index (κ1) is 11.8. The predicted molar refractivity (Wildman–Crippen MR) is 72.8 cm³/mol. The first-order valence-electron chi connectivity index (χ1n) is 6.32. The Hall–Kier alpha value is -1.25. The van der Waals surface area contributed by atoms with Gasteiger partial charge in [0.25, 0.3) is 0 Å². The van der Waals surface area contributed by atoms with Crippen molar-refractivity contribution >= 4 is 11.6 Å². The summed E-state index contributed by atoms with van der Waals surface area (Å²) in [4.78, 5) is 0. The minimum atomic E-state index is 0.228. The van der Waals surface area contributed by atoms with Crippen LogP contribution in [-0.2, 0) is 6.42 Å². The highest BCUT2D eigenvalue weighted by molar-refractivity contribution is 6.30. The quantitative estimate of drug-likeness (QED) is 0.893. The number of hydrogen-bond donors (Lipinski definition) is 1. The Labute approximate surface area is 112 Å². The van der Waals surface area contributed by atoms with Crippen molar-refractivity contribution in [2.24, 2.45) is 0 Å². The van der Waals surface area contributed by atoms with E-state index in [2.05, 4.69) is 24.4 Å². The van der Waals surface area contributed by atoms with Crippen molar-refractivity contribution in [3.8, 4) is 0 Å². The molecule has 0 amide bonds. The molecule has 18 heavy (non-hydrogen) atoms. The molecule has 2 atom stereocenters. The Balaban J connectivity index is 1.77. The number of aryl methyl sites for hydroxylation is 1. The minimum Gasteiger partial charge on any atom is -0.468 e. The highest BCUT2D eigenvalue weighted by atomic mass is 35.5. The fourth-order valence-electron chi connectivity index (χ4n) is 2.68. The zero-order valence-electron chi connectivity index (χ0n) is 10.3. The van der Waals surface area contributed by atoms with Gasteiger partial charge in [-0.2, -0.15) is 0 Å². The van der Waals surface area contributed by atoms with Crippen LogP contribution in [0.25, 0.3) is 0 Å². The second-order valence-corrected chi connectivity index (χ2v) is 5.27. The standard InChI is InChI=1S/C15H16ClNO/c1-10(15-3-2-8-18-15)17-14-7-4-11-9-12(16)5-6-13(11)14/h2-3,5-6,8-10,14,17H,4,7H2,1H3/t10-,14?/m0/s1. The lowest BCUT2D eigenvalue weighted by Crippen LogP contribution is -2.22. The molecule has 1 heterocycles. The molecule has 1 aliphatic carbocycles. The van der Waals surface area contributed by atoms with Gasteiger partial charge in [-0.05, 0) is 55.2 Å². The zero-order valence-corrected chi connectivity index (χ0v) is 11.1. The average molecular weight is 262 g/mol. The largest absolute Gasteiger partial charge is 0.468 e.